The van der Waals surface area contributed by atoms with Crippen molar-refractivity contribution >= 4 is 18.7 Å². The van der Waals surface area contributed by atoms with Crippen molar-refractivity contribution < 1.29 is 19.0 Å². The first-order valence-corrected chi connectivity index (χ1v) is 13.0. The molecule has 30 heavy (non-hydrogen) atoms. The quantitative estimate of drug-likeness (QED) is 0.545. The minimum atomic E-state index is -2.60. The van der Waals surface area contributed by atoms with E-state index in [4.69, 9.17) is 13.9 Å². The lowest BCUT2D eigenvalue weighted by atomic mass is 10.0. The van der Waals surface area contributed by atoms with Gasteiger partial charge in [0.2, 0.25) is 0 Å². The third-order valence-electron chi connectivity index (χ3n) is 6.46. The molecule has 0 spiro atoms. The fraction of sp³-hybridized carbons (Fsp3) is 0.520. The van der Waals surface area contributed by atoms with Crippen LogP contribution in [0.1, 0.15) is 40.0 Å². The SMILES string of the molecule is CC(C)(C)[Si](O[C@@H]1CCCO[C@@H]1C[C@H]1O[C@@H]1CO)(c1ccccc1)c1ccccc1. The van der Waals surface area contributed by atoms with E-state index >= 15 is 0 Å². The van der Waals surface area contributed by atoms with Crippen molar-refractivity contribution in [3.63, 3.8) is 0 Å². The maximum absolute atomic E-state index is 9.37. The summed E-state index contributed by atoms with van der Waals surface area (Å²) in [5.41, 5.74) is 0. The zero-order chi connectivity index (χ0) is 21.2. The molecule has 0 aromatic heterocycles. The van der Waals surface area contributed by atoms with Crippen molar-refractivity contribution in [2.75, 3.05) is 13.2 Å². The van der Waals surface area contributed by atoms with Crippen LogP contribution in [0.3, 0.4) is 0 Å². The van der Waals surface area contributed by atoms with Gasteiger partial charge >= 0.3 is 0 Å². The zero-order valence-electron chi connectivity index (χ0n) is 18.3. The lowest BCUT2D eigenvalue weighted by Crippen LogP contribution is -2.68. The molecule has 162 valence electrons. The Kier molecular flexibility index (Phi) is 6.46. The van der Waals surface area contributed by atoms with Crippen molar-refractivity contribution in [2.24, 2.45) is 0 Å². The van der Waals surface area contributed by atoms with Crippen LogP contribution in [0.2, 0.25) is 5.04 Å². The third kappa shape index (κ3) is 4.27. The summed E-state index contributed by atoms with van der Waals surface area (Å²) in [4.78, 5) is 0. The van der Waals surface area contributed by atoms with Crippen molar-refractivity contribution in [3.8, 4) is 0 Å². The van der Waals surface area contributed by atoms with Gasteiger partial charge in [-0.25, -0.2) is 0 Å². The minimum absolute atomic E-state index is 0.00181. The summed E-state index contributed by atoms with van der Waals surface area (Å²) in [7, 11) is -2.60. The molecule has 1 N–H and O–H groups in total. The van der Waals surface area contributed by atoms with Gasteiger partial charge in [0.15, 0.2) is 0 Å². The van der Waals surface area contributed by atoms with Gasteiger partial charge in [0.05, 0.1) is 24.9 Å². The molecule has 2 aromatic rings. The summed E-state index contributed by atoms with van der Waals surface area (Å²) in [6, 6.07) is 21.5. The van der Waals surface area contributed by atoms with Crippen LogP contribution in [-0.2, 0) is 13.9 Å². The van der Waals surface area contributed by atoms with E-state index in [9.17, 15) is 5.11 Å². The van der Waals surface area contributed by atoms with Gasteiger partial charge in [-0.3, -0.25) is 0 Å². The predicted octanol–water partition coefficient (Wildman–Crippen LogP) is 3.26. The maximum Gasteiger partial charge on any atom is 0.261 e. The number of rotatable bonds is 7. The molecule has 4 atom stereocenters. The molecule has 0 aliphatic carbocycles. The molecular formula is C25H34O4Si. The number of benzene rings is 2. The van der Waals surface area contributed by atoms with Gasteiger partial charge in [-0.05, 0) is 28.3 Å². The molecule has 0 amide bonds. The summed E-state index contributed by atoms with van der Waals surface area (Å²) < 4.78 is 19.1. The van der Waals surface area contributed by atoms with E-state index in [0.29, 0.717) is 0 Å². The largest absolute Gasteiger partial charge is 0.402 e. The molecule has 5 heteroatoms. The first kappa shape index (κ1) is 21.7. The first-order chi connectivity index (χ1) is 14.5. The van der Waals surface area contributed by atoms with Crippen LogP contribution >= 0.6 is 0 Å². The highest BCUT2D eigenvalue weighted by Crippen LogP contribution is 2.40. The Labute approximate surface area is 181 Å². The fourth-order valence-electron chi connectivity index (χ4n) is 4.86. The van der Waals surface area contributed by atoms with Crippen LogP contribution in [0.5, 0.6) is 0 Å². The Morgan fingerprint density at radius 2 is 1.53 bits per heavy atom. The van der Waals surface area contributed by atoms with Crippen LogP contribution in [0.4, 0.5) is 0 Å². The zero-order valence-corrected chi connectivity index (χ0v) is 19.3. The Morgan fingerprint density at radius 1 is 0.933 bits per heavy atom. The monoisotopic (exact) mass is 426 g/mol. The second kappa shape index (κ2) is 8.93. The van der Waals surface area contributed by atoms with Crippen LogP contribution in [0.25, 0.3) is 0 Å². The molecule has 2 aliphatic heterocycles. The van der Waals surface area contributed by atoms with Crippen LogP contribution in [0, 0.1) is 0 Å². The standard InChI is InChI=1S/C25H34O4Si/c1-25(2,3)30(19-11-6-4-7-12-19,20-13-8-5-9-14-20)29-21-15-10-16-27-22(21)17-23-24(18-26)28-23/h4-9,11-14,21-24,26H,10,15-18H2,1-3H3/t21-,22-,23-,24-/m1/s1. The second-order valence-corrected chi connectivity index (χ2v) is 13.8. The number of epoxide rings is 1. The van der Waals surface area contributed by atoms with Gasteiger partial charge in [0.25, 0.3) is 8.32 Å². The Hall–Kier alpha value is -1.50. The normalized spacial score (nSPS) is 27.1. The molecule has 2 aliphatic rings. The number of hydrogen-bond acceptors (Lipinski definition) is 4. The van der Waals surface area contributed by atoms with E-state index in [1.165, 1.54) is 10.4 Å². The molecule has 2 aromatic carbocycles. The van der Waals surface area contributed by atoms with Crippen LogP contribution in [0.15, 0.2) is 60.7 Å². The van der Waals surface area contributed by atoms with Gasteiger partial charge in [0.1, 0.15) is 6.10 Å². The summed E-state index contributed by atoms with van der Waals surface area (Å²) in [5, 5.41) is 11.9. The number of aliphatic hydroxyl groups is 1. The summed E-state index contributed by atoms with van der Waals surface area (Å²) in [6.45, 7) is 7.77. The fourth-order valence-corrected chi connectivity index (χ4v) is 9.60. The molecule has 4 rings (SSSR count). The van der Waals surface area contributed by atoms with Crippen molar-refractivity contribution in [1.29, 1.82) is 0 Å². The first-order valence-electron chi connectivity index (χ1n) is 11.1. The smallest absolute Gasteiger partial charge is 0.261 e. The molecule has 0 saturated carbocycles. The van der Waals surface area contributed by atoms with Crippen LogP contribution in [-0.4, -0.2) is 51.1 Å². The average molecular weight is 427 g/mol. The molecule has 0 radical (unpaired) electrons. The van der Waals surface area contributed by atoms with Crippen molar-refractivity contribution in [1.82, 2.24) is 0 Å². The number of ether oxygens (including phenoxy) is 2. The van der Waals surface area contributed by atoms with E-state index in [1.54, 1.807) is 0 Å². The topological polar surface area (TPSA) is 51.2 Å². The molecule has 2 fully saturated rings. The Morgan fingerprint density at radius 3 is 2.03 bits per heavy atom. The summed E-state index contributed by atoms with van der Waals surface area (Å²) in [6.07, 6.45) is 2.86. The summed E-state index contributed by atoms with van der Waals surface area (Å²) >= 11 is 0. The number of hydrogen-bond donors (Lipinski definition) is 1. The molecule has 2 heterocycles. The van der Waals surface area contributed by atoms with E-state index in [1.807, 2.05) is 0 Å². The highest BCUT2D eigenvalue weighted by Gasteiger charge is 2.53. The highest BCUT2D eigenvalue weighted by atomic mass is 28.4. The van der Waals surface area contributed by atoms with E-state index in [-0.39, 0.29) is 36.1 Å². The lowest BCUT2D eigenvalue weighted by molar-refractivity contribution is -0.0720. The molecular weight excluding hydrogens is 392 g/mol. The Bertz CT molecular complexity index is 765. The van der Waals surface area contributed by atoms with E-state index < -0.39 is 8.32 Å². The minimum Gasteiger partial charge on any atom is -0.402 e. The van der Waals surface area contributed by atoms with Crippen LogP contribution < -0.4 is 10.4 Å². The van der Waals surface area contributed by atoms with E-state index in [2.05, 4.69) is 81.4 Å². The third-order valence-corrected chi connectivity index (χ3v) is 11.5. The Balaban J connectivity index is 1.72. The maximum atomic E-state index is 9.37. The van der Waals surface area contributed by atoms with Gasteiger partial charge in [-0.15, -0.1) is 0 Å². The van der Waals surface area contributed by atoms with Crippen molar-refractivity contribution in [2.45, 2.75) is 69.5 Å². The molecule has 0 bridgehead atoms. The van der Waals surface area contributed by atoms with Gasteiger partial charge in [0, 0.05) is 13.0 Å². The van der Waals surface area contributed by atoms with Gasteiger partial charge in [-0.1, -0.05) is 81.4 Å². The molecule has 2 saturated heterocycles. The highest BCUT2D eigenvalue weighted by molar-refractivity contribution is 6.99. The number of aliphatic hydroxyl groups excluding tert-OH is 1. The van der Waals surface area contributed by atoms with E-state index in [0.717, 1.165) is 25.9 Å². The van der Waals surface area contributed by atoms with Gasteiger partial charge < -0.3 is 19.0 Å². The lowest BCUT2D eigenvalue weighted by Gasteiger charge is -2.47. The molecule has 4 nitrogen and oxygen atoms in total. The van der Waals surface area contributed by atoms with Gasteiger partial charge in [-0.2, -0.15) is 0 Å². The van der Waals surface area contributed by atoms with Crippen molar-refractivity contribution in [3.05, 3.63) is 60.7 Å². The molecule has 0 unspecified atom stereocenters. The summed E-state index contributed by atoms with van der Waals surface area (Å²) in [5.74, 6) is 0. The second-order valence-electron chi connectivity index (χ2n) is 9.50. The average Bonchev–Trinajstić information content (AvgIpc) is 3.51. The predicted molar refractivity (Wildman–Crippen MR) is 122 cm³/mol.